The maximum absolute atomic E-state index is 12.7. The molecule has 1 aromatic rings. The van der Waals surface area contributed by atoms with Gasteiger partial charge in [-0.15, -0.1) is 0 Å². The summed E-state index contributed by atoms with van der Waals surface area (Å²) in [6, 6.07) is 8.80. The average molecular weight is 308 g/mol. The van der Waals surface area contributed by atoms with E-state index in [4.69, 9.17) is 0 Å². The molecule has 0 aromatic heterocycles. The van der Waals surface area contributed by atoms with Gasteiger partial charge in [0.1, 0.15) is 0 Å². The number of rotatable bonds is 4. The van der Waals surface area contributed by atoms with Crippen molar-refractivity contribution in [3.8, 4) is 0 Å². The first-order valence-electron chi connectivity index (χ1n) is 6.72. The first-order valence-corrected chi connectivity index (χ1v) is 6.72. The second-order valence-corrected chi connectivity index (χ2v) is 5.54. The van der Waals surface area contributed by atoms with Gasteiger partial charge in [-0.05, 0) is 25.0 Å². The van der Waals surface area contributed by atoms with E-state index in [1.54, 1.807) is 44.2 Å². The Hall–Kier alpha value is -1.20. The Kier molecular flexibility index (Phi) is 6.32. The number of aliphatic hydroxyl groups is 1. The molecule has 2 rings (SSSR count). The van der Waals surface area contributed by atoms with E-state index in [0.717, 1.165) is 0 Å². The smallest absolute Gasteiger partial charge is 0.550 e. The van der Waals surface area contributed by atoms with Crippen LogP contribution < -0.4 is 34.7 Å². The molecule has 0 bridgehead atoms. The fraction of sp³-hybridized carbons (Fsp3) is 0.294. The van der Waals surface area contributed by atoms with Crippen LogP contribution in [0.5, 0.6) is 0 Å². The molecular formula is C17H17NaO4. The van der Waals surface area contributed by atoms with Gasteiger partial charge in [-0.2, -0.15) is 0 Å². The van der Waals surface area contributed by atoms with Crippen molar-refractivity contribution in [1.82, 2.24) is 0 Å². The van der Waals surface area contributed by atoms with E-state index in [0.29, 0.717) is 16.7 Å². The number of hydrogen-bond acceptors (Lipinski definition) is 4. The number of carboxylic acid groups (broad SMARTS) is 1. The average Bonchev–Trinajstić information content (AvgIpc) is 2.44. The third-order valence-corrected chi connectivity index (χ3v) is 3.67. The van der Waals surface area contributed by atoms with Gasteiger partial charge in [0.05, 0.1) is 11.5 Å². The van der Waals surface area contributed by atoms with Crippen molar-refractivity contribution in [3.63, 3.8) is 0 Å². The molecular weight excluding hydrogens is 291 g/mol. The number of aliphatic hydroxyl groups excluding tert-OH is 1. The Labute approximate surface area is 151 Å². The van der Waals surface area contributed by atoms with Crippen LogP contribution in [0.4, 0.5) is 0 Å². The van der Waals surface area contributed by atoms with Gasteiger partial charge in [-0.25, -0.2) is 0 Å². The van der Waals surface area contributed by atoms with Gasteiger partial charge in [0.2, 0.25) is 0 Å². The van der Waals surface area contributed by atoms with Crippen LogP contribution in [0.1, 0.15) is 30.6 Å². The zero-order valence-electron chi connectivity index (χ0n) is 13.0. The van der Waals surface area contributed by atoms with Crippen molar-refractivity contribution in [2.24, 2.45) is 5.41 Å². The Balaban J connectivity index is 0.00000242. The zero-order chi connectivity index (χ0) is 15.6. The summed E-state index contributed by atoms with van der Waals surface area (Å²) in [6.45, 7) is 3.40. The molecule has 1 aromatic carbocycles. The van der Waals surface area contributed by atoms with Crippen LogP contribution in [0.25, 0.3) is 0 Å². The molecule has 1 N–H and O–H groups in total. The van der Waals surface area contributed by atoms with Gasteiger partial charge in [0.25, 0.3) is 0 Å². The number of carbonyl (C=O) groups is 2. The van der Waals surface area contributed by atoms with Crippen LogP contribution in [0.3, 0.4) is 0 Å². The Morgan fingerprint density at radius 2 is 1.82 bits per heavy atom. The molecule has 0 spiro atoms. The van der Waals surface area contributed by atoms with Gasteiger partial charge < -0.3 is 15.0 Å². The topological polar surface area (TPSA) is 77.4 Å². The summed E-state index contributed by atoms with van der Waals surface area (Å²) in [5, 5.41) is 20.8. The molecule has 0 saturated carbocycles. The summed E-state index contributed by atoms with van der Waals surface area (Å²) in [7, 11) is 0. The molecule has 0 amide bonds. The van der Waals surface area contributed by atoms with E-state index < -0.39 is 17.5 Å². The monoisotopic (exact) mass is 308 g/mol. The first-order chi connectivity index (χ1) is 9.83. The van der Waals surface area contributed by atoms with Crippen LogP contribution in [-0.2, 0) is 4.79 Å². The van der Waals surface area contributed by atoms with E-state index >= 15 is 0 Å². The molecule has 4 nitrogen and oxygen atoms in total. The molecule has 0 saturated heterocycles. The molecule has 0 radical (unpaired) electrons. The molecule has 0 heterocycles. The van der Waals surface area contributed by atoms with Crippen molar-refractivity contribution in [1.29, 1.82) is 0 Å². The summed E-state index contributed by atoms with van der Waals surface area (Å²) < 4.78 is 0. The van der Waals surface area contributed by atoms with E-state index in [1.807, 2.05) is 6.07 Å². The molecule has 5 heteroatoms. The summed E-state index contributed by atoms with van der Waals surface area (Å²) in [5.41, 5.74) is 0.446. The Morgan fingerprint density at radius 1 is 1.23 bits per heavy atom. The number of benzene rings is 1. The van der Waals surface area contributed by atoms with Gasteiger partial charge >= 0.3 is 29.6 Å². The number of carbonyl (C=O) groups excluding carboxylic acids is 2. The van der Waals surface area contributed by atoms with Crippen LogP contribution in [0, 0.1) is 5.41 Å². The van der Waals surface area contributed by atoms with Gasteiger partial charge in [0, 0.05) is 18.0 Å². The number of allylic oxidation sites excluding steroid dienone is 2. The SMILES string of the molecule is CC1=CC(C)(C(=O)c2ccccc2)C=C(CC(=O)[O-])C1O.[Na+]. The maximum Gasteiger partial charge on any atom is 1.00 e. The maximum atomic E-state index is 12.7. The standard InChI is InChI=1S/C17H18O4.Na/c1-11-9-17(2,10-13(15(11)20)8-14(18)19)16(21)12-6-4-3-5-7-12;/h3-7,9-10,15,20H,8H2,1-2H3,(H,18,19);/q;+1/p-1. The Morgan fingerprint density at radius 3 is 2.36 bits per heavy atom. The van der Waals surface area contributed by atoms with Crippen LogP contribution in [0.15, 0.2) is 53.6 Å². The molecule has 1 aliphatic rings. The minimum atomic E-state index is -1.27. The minimum Gasteiger partial charge on any atom is -0.550 e. The molecule has 2 unspecified atom stereocenters. The summed E-state index contributed by atoms with van der Waals surface area (Å²) in [6.07, 6.45) is 1.87. The largest absolute Gasteiger partial charge is 1.00 e. The number of hydrogen-bond donors (Lipinski definition) is 1. The van der Waals surface area contributed by atoms with Gasteiger partial charge in [-0.3, -0.25) is 4.79 Å². The summed E-state index contributed by atoms with van der Waals surface area (Å²) in [5.74, 6) is -1.41. The quantitative estimate of drug-likeness (QED) is 0.407. The van der Waals surface area contributed by atoms with Crippen molar-refractivity contribution >= 4 is 11.8 Å². The van der Waals surface area contributed by atoms with Crippen LogP contribution in [0.2, 0.25) is 0 Å². The predicted molar refractivity (Wildman–Crippen MR) is 76.4 cm³/mol. The minimum absolute atomic E-state index is 0. The normalized spacial score (nSPS) is 23.9. The van der Waals surface area contributed by atoms with E-state index in [1.165, 1.54) is 6.08 Å². The van der Waals surface area contributed by atoms with E-state index in [-0.39, 0.29) is 41.8 Å². The number of Topliss-reactive ketones (excluding diaryl/α,β-unsaturated/α-hetero) is 1. The fourth-order valence-electron chi connectivity index (χ4n) is 2.70. The molecule has 0 aliphatic heterocycles. The second-order valence-electron chi connectivity index (χ2n) is 5.54. The fourth-order valence-corrected chi connectivity index (χ4v) is 2.70. The summed E-state index contributed by atoms with van der Waals surface area (Å²) >= 11 is 0. The number of ketones is 1. The Bertz CT molecular complexity index is 633. The number of aliphatic carboxylic acids is 1. The third-order valence-electron chi connectivity index (χ3n) is 3.67. The second kappa shape index (κ2) is 7.38. The molecule has 110 valence electrons. The summed E-state index contributed by atoms with van der Waals surface area (Å²) in [4.78, 5) is 23.5. The molecule has 22 heavy (non-hydrogen) atoms. The number of carboxylic acids is 1. The molecule has 0 fully saturated rings. The first kappa shape index (κ1) is 18.8. The van der Waals surface area contributed by atoms with E-state index in [9.17, 15) is 19.8 Å². The van der Waals surface area contributed by atoms with Crippen molar-refractivity contribution in [2.75, 3.05) is 0 Å². The van der Waals surface area contributed by atoms with Crippen LogP contribution in [-0.4, -0.2) is 23.0 Å². The van der Waals surface area contributed by atoms with Crippen molar-refractivity contribution in [2.45, 2.75) is 26.4 Å². The molecule has 2 atom stereocenters. The van der Waals surface area contributed by atoms with Crippen molar-refractivity contribution < 1.29 is 49.4 Å². The van der Waals surface area contributed by atoms with E-state index in [2.05, 4.69) is 0 Å². The van der Waals surface area contributed by atoms with Gasteiger partial charge in [0.15, 0.2) is 5.78 Å². The zero-order valence-corrected chi connectivity index (χ0v) is 15.0. The molecule has 1 aliphatic carbocycles. The third kappa shape index (κ3) is 3.96. The van der Waals surface area contributed by atoms with Crippen molar-refractivity contribution in [3.05, 3.63) is 59.2 Å². The van der Waals surface area contributed by atoms with Crippen LogP contribution >= 0.6 is 0 Å². The predicted octanol–water partition coefficient (Wildman–Crippen LogP) is -1.73. The van der Waals surface area contributed by atoms with Gasteiger partial charge in [-0.1, -0.05) is 42.5 Å².